The molecular formula is C15H16N2O5. The molecule has 1 fully saturated rings. The molecule has 1 aromatic heterocycles. The van der Waals surface area contributed by atoms with Crippen molar-refractivity contribution in [1.29, 1.82) is 0 Å². The van der Waals surface area contributed by atoms with Crippen LogP contribution in [0.2, 0.25) is 0 Å². The maximum atomic E-state index is 12.3. The lowest BCUT2D eigenvalue weighted by molar-refractivity contribution is 0.0936. The van der Waals surface area contributed by atoms with Crippen molar-refractivity contribution in [3.63, 3.8) is 0 Å². The van der Waals surface area contributed by atoms with E-state index in [1.54, 1.807) is 25.3 Å². The normalized spacial score (nSPS) is 17.7. The zero-order chi connectivity index (χ0) is 15.7. The van der Waals surface area contributed by atoms with Crippen molar-refractivity contribution >= 4 is 23.0 Å². The summed E-state index contributed by atoms with van der Waals surface area (Å²) >= 11 is 0. The summed E-state index contributed by atoms with van der Waals surface area (Å²) in [5, 5.41) is 12.5. The first-order valence-corrected chi connectivity index (χ1v) is 6.92. The van der Waals surface area contributed by atoms with Gasteiger partial charge in [-0.3, -0.25) is 4.79 Å². The first-order chi connectivity index (χ1) is 10.6. The molecule has 1 atom stereocenters. The highest BCUT2D eigenvalue weighted by atomic mass is 16.5. The smallest absolute Gasteiger partial charge is 0.407 e. The number of rotatable bonds is 3. The number of carbonyl (C=O) groups excluding carboxylic acids is 1. The molecule has 0 spiro atoms. The molecule has 2 N–H and O–H groups in total. The minimum Gasteiger partial charge on any atom is -0.497 e. The van der Waals surface area contributed by atoms with Gasteiger partial charge in [0.25, 0.3) is 5.91 Å². The molecule has 1 aromatic carbocycles. The SMILES string of the molecule is COc1ccc2c(C(=O)N[C@H]3CCN(C(=O)O)C3)coc2c1. The van der Waals surface area contributed by atoms with Crippen LogP contribution >= 0.6 is 0 Å². The largest absolute Gasteiger partial charge is 0.497 e. The van der Waals surface area contributed by atoms with Crippen LogP contribution in [-0.4, -0.2) is 48.2 Å². The van der Waals surface area contributed by atoms with Crippen molar-refractivity contribution in [3.8, 4) is 5.75 Å². The lowest BCUT2D eigenvalue weighted by Crippen LogP contribution is -2.38. The molecule has 0 saturated carbocycles. The van der Waals surface area contributed by atoms with Gasteiger partial charge in [-0.25, -0.2) is 4.79 Å². The fraction of sp³-hybridized carbons (Fsp3) is 0.333. The third-order valence-electron chi connectivity index (χ3n) is 3.82. The molecular weight excluding hydrogens is 288 g/mol. The van der Waals surface area contributed by atoms with Crippen LogP contribution in [0.1, 0.15) is 16.8 Å². The van der Waals surface area contributed by atoms with Crippen LogP contribution < -0.4 is 10.1 Å². The minimum atomic E-state index is -0.961. The third-order valence-corrected chi connectivity index (χ3v) is 3.82. The summed E-state index contributed by atoms with van der Waals surface area (Å²) in [5.41, 5.74) is 1.01. The van der Waals surface area contributed by atoms with Crippen LogP contribution in [0, 0.1) is 0 Å². The van der Waals surface area contributed by atoms with Gasteiger partial charge in [0.15, 0.2) is 0 Å². The lowest BCUT2D eigenvalue weighted by Gasteiger charge is -2.13. The predicted molar refractivity (Wildman–Crippen MR) is 78.2 cm³/mol. The lowest BCUT2D eigenvalue weighted by atomic mass is 10.1. The number of benzene rings is 1. The van der Waals surface area contributed by atoms with E-state index in [9.17, 15) is 9.59 Å². The molecule has 0 unspecified atom stereocenters. The van der Waals surface area contributed by atoms with Crippen LogP contribution in [0.5, 0.6) is 5.75 Å². The monoisotopic (exact) mass is 304 g/mol. The van der Waals surface area contributed by atoms with Crippen molar-refractivity contribution in [1.82, 2.24) is 10.2 Å². The maximum absolute atomic E-state index is 12.3. The van der Waals surface area contributed by atoms with E-state index in [0.717, 1.165) is 0 Å². The predicted octanol–water partition coefficient (Wildman–Crippen LogP) is 1.92. The number of amides is 2. The van der Waals surface area contributed by atoms with Crippen LogP contribution in [0.15, 0.2) is 28.9 Å². The molecule has 0 bridgehead atoms. The van der Waals surface area contributed by atoms with E-state index < -0.39 is 6.09 Å². The number of ether oxygens (including phenoxy) is 1. The summed E-state index contributed by atoms with van der Waals surface area (Å²) in [6, 6.07) is 5.07. The molecule has 0 aliphatic carbocycles. The van der Waals surface area contributed by atoms with Gasteiger partial charge >= 0.3 is 6.09 Å². The Labute approximate surface area is 126 Å². The van der Waals surface area contributed by atoms with E-state index in [0.29, 0.717) is 41.8 Å². The van der Waals surface area contributed by atoms with Gasteiger partial charge in [-0.15, -0.1) is 0 Å². The molecule has 116 valence electrons. The number of nitrogens with zero attached hydrogens (tertiary/aromatic N) is 1. The van der Waals surface area contributed by atoms with Gasteiger partial charge in [-0.1, -0.05) is 0 Å². The second kappa shape index (κ2) is 5.59. The maximum Gasteiger partial charge on any atom is 0.407 e. The molecule has 2 heterocycles. The molecule has 1 aliphatic rings. The van der Waals surface area contributed by atoms with Gasteiger partial charge in [0, 0.05) is 30.6 Å². The molecule has 1 saturated heterocycles. The van der Waals surface area contributed by atoms with Crippen LogP contribution in [0.4, 0.5) is 4.79 Å². The van der Waals surface area contributed by atoms with Crippen molar-refractivity contribution in [2.45, 2.75) is 12.5 Å². The van der Waals surface area contributed by atoms with Crippen LogP contribution in [0.25, 0.3) is 11.0 Å². The Morgan fingerprint density at radius 2 is 2.27 bits per heavy atom. The average molecular weight is 304 g/mol. The number of likely N-dealkylation sites (tertiary alicyclic amines) is 1. The number of nitrogens with one attached hydrogen (secondary N) is 1. The molecule has 7 nitrogen and oxygen atoms in total. The average Bonchev–Trinajstić information content (AvgIpc) is 3.12. The Balaban J connectivity index is 1.74. The Morgan fingerprint density at radius 3 is 2.95 bits per heavy atom. The standard InChI is InChI=1S/C15H16N2O5/c1-21-10-2-3-11-12(8-22-13(11)6-10)14(18)16-9-4-5-17(7-9)15(19)20/h2-3,6,8-9H,4-5,7H2,1H3,(H,16,18)(H,19,20)/t9-/m0/s1. The van der Waals surface area contributed by atoms with E-state index in [1.165, 1.54) is 11.2 Å². The summed E-state index contributed by atoms with van der Waals surface area (Å²) in [6.07, 6.45) is 1.06. The summed E-state index contributed by atoms with van der Waals surface area (Å²) in [5.74, 6) is 0.392. The van der Waals surface area contributed by atoms with E-state index in [-0.39, 0.29) is 11.9 Å². The number of methoxy groups -OCH3 is 1. The molecule has 22 heavy (non-hydrogen) atoms. The number of hydrogen-bond acceptors (Lipinski definition) is 4. The van der Waals surface area contributed by atoms with Gasteiger partial charge in [0.05, 0.1) is 12.7 Å². The molecule has 7 heteroatoms. The molecule has 2 amide bonds. The van der Waals surface area contributed by atoms with E-state index >= 15 is 0 Å². The third kappa shape index (κ3) is 2.57. The zero-order valence-electron chi connectivity index (χ0n) is 12.0. The number of carboxylic acid groups (broad SMARTS) is 1. The minimum absolute atomic E-state index is 0.174. The van der Waals surface area contributed by atoms with Crippen molar-refractivity contribution < 1.29 is 23.8 Å². The molecule has 3 rings (SSSR count). The second-order valence-electron chi connectivity index (χ2n) is 5.20. The Kier molecular flexibility index (Phi) is 3.62. The highest BCUT2D eigenvalue weighted by Gasteiger charge is 2.28. The summed E-state index contributed by atoms with van der Waals surface area (Å²) < 4.78 is 10.5. The topological polar surface area (TPSA) is 92.0 Å². The molecule has 0 radical (unpaired) electrons. The van der Waals surface area contributed by atoms with Crippen molar-refractivity contribution in [2.24, 2.45) is 0 Å². The Bertz CT molecular complexity index is 724. The quantitative estimate of drug-likeness (QED) is 0.904. The molecule has 1 aliphatic heterocycles. The van der Waals surface area contributed by atoms with Crippen LogP contribution in [-0.2, 0) is 0 Å². The zero-order valence-corrected chi connectivity index (χ0v) is 12.0. The van der Waals surface area contributed by atoms with Gasteiger partial charge in [0.2, 0.25) is 0 Å². The Morgan fingerprint density at radius 1 is 1.45 bits per heavy atom. The highest BCUT2D eigenvalue weighted by molar-refractivity contribution is 6.06. The number of fused-ring (bicyclic) bond motifs is 1. The second-order valence-corrected chi connectivity index (χ2v) is 5.20. The molecule has 2 aromatic rings. The summed E-state index contributed by atoms with van der Waals surface area (Å²) in [7, 11) is 1.56. The van der Waals surface area contributed by atoms with Crippen molar-refractivity contribution in [3.05, 3.63) is 30.0 Å². The van der Waals surface area contributed by atoms with Crippen LogP contribution in [0.3, 0.4) is 0 Å². The van der Waals surface area contributed by atoms with E-state index in [2.05, 4.69) is 5.32 Å². The highest BCUT2D eigenvalue weighted by Crippen LogP contribution is 2.25. The van der Waals surface area contributed by atoms with E-state index in [4.69, 9.17) is 14.3 Å². The number of hydrogen-bond donors (Lipinski definition) is 2. The van der Waals surface area contributed by atoms with E-state index in [1.807, 2.05) is 0 Å². The first-order valence-electron chi connectivity index (χ1n) is 6.92. The van der Waals surface area contributed by atoms with Gasteiger partial charge < -0.3 is 24.5 Å². The fourth-order valence-electron chi connectivity index (χ4n) is 2.63. The first kappa shape index (κ1) is 14.2. The van der Waals surface area contributed by atoms with Gasteiger partial charge in [-0.05, 0) is 18.6 Å². The fourth-order valence-corrected chi connectivity index (χ4v) is 2.63. The Hall–Kier alpha value is -2.70. The van der Waals surface area contributed by atoms with Gasteiger partial charge in [0.1, 0.15) is 17.6 Å². The summed E-state index contributed by atoms with van der Waals surface area (Å²) in [6.45, 7) is 0.744. The number of furan rings is 1. The van der Waals surface area contributed by atoms with Gasteiger partial charge in [-0.2, -0.15) is 0 Å². The number of carbonyl (C=O) groups is 2. The summed E-state index contributed by atoms with van der Waals surface area (Å²) in [4.78, 5) is 24.5. The van der Waals surface area contributed by atoms with Crippen molar-refractivity contribution in [2.75, 3.05) is 20.2 Å².